The summed E-state index contributed by atoms with van der Waals surface area (Å²) in [6.45, 7) is 5.09. The maximum atomic E-state index is 12.4. The molecule has 1 aliphatic carbocycles. The van der Waals surface area contributed by atoms with Gasteiger partial charge in [0.2, 0.25) is 5.91 Å². The van der Waals surface area contributed by atoms with Gasteiger partial charge >= 0.3 is 0 Å². The van der Waals surface area contributed by atoms with Crippen molar-refractivity contribution in [3.05, 3.63) is 0 Å². The van der Waals surface area contributed by atoms with E-state index in [1.165, 1.54) is 12.8 Å². The third-order valence-corrected chi connectivity index (χ3v) is 4.68. The van der Waals surface area contributed by atoms with E-state index in [2.05, 4.69) is 12.2 Å². The van der Waals surface area contributed by atoms with E-state index in [1.807, 2.05) is 4.90 Å². The lowest BCUT2D eigenvalue weighted by Gasteiger charge is -2.35. The number of carbonyl (C=O) groups excluding carboxylic acids is 1. The highest BCUT2D eigenvalue weighted by Crippen LogP contribution is 2.32. The van der Waals surface area contributed by atoms with Gasteiger partial charge in [0.25, 0.3) is 0 Å². The van der Waals surface area contributed by atoms with Gasteiger partial charge in [-0.3, -0.25) is 4.79 Å². The first-order chi connectivity index (χ1) is 9.26. The van der Waals surface area contributed by atoms with Gasteiger partial charge < -0.3 is 15.3 Å². The molecule has 0 spiro atoms. The molecule has 0 bridgehead atoms. The van der Waals surface area contributed by atoms with Crippen LogP contribution in [0.2, 0.25) is 0 Å². The molecule has 2 rings (SSSR count). The van der Waals surface area contributed by atoms with Crippen LogP contribution in [-0.2, 0) is 4.79 Å². The lowest BCUT2D eigenvalue weighted by molar-refractivity contribution is -0.136. The Hall–Kier alpha value is -0.610. The Kier molecular flexibility index (Phi) is 5.64. The van der Waals surface area contributed by atoms with Crippen LogP contribution >= 0.6 is 0 Å². The highest BCUT2D eigenvalue weighted by Gasteiger charge is 2.33. The van der Waals surface area contributed by atoms with Crippen LogP contribution in [0.1, 0.15) is 45.4 Å². The second kappa shape index (κ2) is 7.25. The van der Waals surface area contributed by atoms with E-state index < -0.39 is 0 Å². The van der Waals surface area contributed by atoms with Crippen molar-refractivity contribution in [1.82, 2.24) is 10.2 Å². The Morgan fingerprint density at radius 3 is 2.79 bits per heavy atom. The normalized spacial score (nSPS) is 32.0. The molecular formula is C15H28N2O2. The number of amides is 1. The summed E-state index contributed by atoms with van der Waals surface area (Å²) in [5.74, 6) is 1.21. The van der Waals surface area contributed by atoms with Crippen LogP contribution in [0, 0.1) is 11.8 Å². The van der Waals surface area contributed by atoms with E-state index in [0.717, 1.165) is 45.3 Å². The van der Waals surface area contributed by atoms with E-state index in [-0.39, 0.29) is 18.6 Å². The lowest BCUT2D eigenvalue weighted by Crippen LogP contribution is -2.52. The highest BCUT2D eigenvalue weighted by atomic mass is 16.3. The predicted octanol–water partition coefficient (Wildman–Crippen LogP) is 1.39. The molecule has 0 aromatic rings. The van der Waals surface area contributed by atoms with Crippen molar-refractivity contribution in [3.63, 3.8) is 0 Å². The Morgan fingerprint density at radius 1 is 1.26 bits per heavy atom. The number of nitrogens with zero attached hydrogens (tertiary/aromatic N) is 1. The van der Waals surface area contributed by atoms with E-state index >= 15 is 0 Å². The zero-order valence-corrected chi connectivity index (χ0v) is 12.1. The van der Waals surface area contributed by atoms with Crippen molar-refractivity contribution in [3.8, 4) is 0 Å². The minimum atomic E-state index is 0.0303. The Morgan fingerprint density at radius 2 is 2.05 bits per heavy atom. The first-order valence-electron chi connectivity index (χ1n) is 7.89. The highest BCUT2D eigenvalue weighted by molar-refractivity contribution is 5.82. The predicted molar refractivity (Wildman–Crippen MR) is 75.8 cm³/mol. The maximum Gasteiger partial charge on any atom is 0.239 e. The third-order valence-electron chi connectivity index (χ3n) is 4.68. The fourth-order valence-electron chi connectivity index (χ4n) is 3.51. The molecule has 110 valence electrons. The number of rotatable bonds is 6. The molecule has 3 atom stereocenters. The van der Waals surface area contributed by atoms with Crippen LogP contribution in [0.3, 0.4) is 0 Å². The number of likely N-dealkylation sites (tertiary alicyclic amines) is 1. The SMILES string of the molecule is CCCNC1CCCN(CC2CCCC2CO)C1=O. The number of hydrogen-bond donors (Lipinski definition) is 2. The zero-order valence-electron chi connectivity index (χ0n) is 12.1. The number of hydrogen-bond acceptors (Lipinski definition) is 3. The van der Waals surface area contributed by atoms with E-state index in [4.69, 9.17) is 0 Å². The monoisotopic (exact) mass is 268 g/mol. The number of aliphatic hydroxyl groups excluding tert-OH is 1. The van der Waals surface area contributed by atoms with Gasteiger partial charge in [0.1, 0.15) is 0 Å². The van der Waals surface area contributed by atoms with Gasteiger partial charge in [-0.25, -0.2) is 0 Å². The molecule has 0 aromatic heterocycles. The molecule has 2 N–H and O–H groups in total. The van der Waals surface area contributed by atoms with Crippen LogP contribution in [0.25, 0.3) is 0 Å². The molecular weight excluding hydrogens is 240 g/mol. The number of aliphatic hydroxyl groups is 1. The third kappa shape index (κ3) is 3.69. The molecule has 1 saturated carbocycles. The molecule has 2 aliphatic rings. The van der Waals surface area contributed by atoms with Crippen LogP contribution in [0.4, 0.5) is 0 Å². The summed E-state index contributed by atoms with van der Waals surface area (Å²) in [5, 5.41) is 12.7. The Bertz CT molecular complexity index is 296. The molecule has 1 saturated heterocycles. The van der Waals surface area contributed by atoms with Crippen LogP contribution in [0.15, 0.2) is 0 Å². The van der Waals surface area contributed by atoms with Crippen molar-refractivity contribution in [1.29, 1.82) is 0 Å². The van der Waals surface area contributed by atoms with Gasteiger partial charge in [-0.05, 0) is 50.5 Å². The van der Waals surface area contributed by atoms with Crippen LogP contribution in [0.5, 0.6) is 0 Å². The quantitative estimate of drug-likeness (QED) is 0.765. The van der Waals surface area contributed by atoms with Crippen LogP contribution < -0.4 is 5.32 Å². The van der Waals surface area contributed by atoms with Crippen molar-refractivity contribution in [2.75, 3.05) is 26.2 Å². The summed E-state index contributed by atoms with van der Waals surface area (Å²) in [6.07, 6.45) is 6.64. The molecule has 19 heavy (non-hydrogen) atoms. The fourth-order valence-corrected chi connectivity index (χ4v) is 3.51. The van der Waals surface area contributed by atoms with E-state index in [0.29, 0.717) is 11.8 Å². The fraction of sp³-hybridized carbons (Fsp3) is 0.933. The van der Waals surface area contributed by atoms with Crippen molar-refractivity contribution in [2.45, 2.75) is 51.5 Å². The Balaban J connectivity index is 1.87. The molecule has 4 heteroatoms. The van der Waals surface area contributed by atoms with Gasteiger partial charge in [0.05, 0.1) is 6.04 Å². The van der Waals surface area contributed by atoms with Gasteiger partial charge in [0.15, 0.2) is 0 Å². The van der Waals surface area contributed by atoms with E-state index in [9.17, 15) is 9.90 Å². The van der Waals surface area contributed by atoms with Crippen molar-refractivity contribution in [2.24, 2.45) is 11.8 Å². The second-order valence-corrected chi connectivity index (χ2v) is 6.07. The summed E-state index contributed by atoms with van der Waals surface area (Å²) in [7, 11) is 0. The molecule has 4 nitrogen and oxygen atoms in total. The van der Waals surface area contributed by atoms with Gasteiger partial charge in [-0.2, -0.15) is 0 Å². The summed E-state index contributed by atoms with van der Waals surface area (Å²) in [5.41, 5.74) is 0. The standard InChI is InChI=1S/C15H28N2O2/c1-2-8-16-14-7-4-9-17(15(14)19)10-12-5-3-6-13(12)11-18/h12-14,16,18H,2-11H2,1H3. The number of nitrogens with one attached hydrogen (secondary N) is 1. The Labute approximate surface area is 116 Å². The summed E-state index contributed by atoms with van der Waals surface area (Å²) in [6, 6.07) is 0.0303. The van der Waals surface area contributed by atoms with Gasteiger partial charge in [-0.15, -0.1) is 0 Å². The lowest BCUT2D eigenvalue weighted by atomic mass is 9.94. The molecule has 1 aliphatic heterocycles. The first kappa shape index (κ1) is 14.8. The number of piperidine rings is 1. The van der Waals surface area contributed by atoms with Gasteiger partial charge in [-0.1, -0.05) is 13.3 Å². The molecule has 1 heterocycles. The topological polar surface area (TPSA) is 52.6 Å². The largest absolute Gasteiger partial charge is 0.396 e. The maximum absolute atomic E-state index is 12.4. The van der Waals surface area contributed by atoms with Crippen molar-refractivity contribution < 1.29 is 9.90 Å². The van der Waals surface area contributed by atoms with E-state index in [1.54, 1.807) is 0 Å². The van der Waals surface area contributed by atoms with Gasteiger partial charge in [0, 0.05) is 19.7 Å². The summed E-state index contributed by atoms with van der Waals surface area (Å²) >= 11 is 0. The minimum absolute atomic E-state index is 0.0303. The van der Waals surface area contributed by atoms with Crippen molar-refractivity contribution >= 4 is 5.91 Å². The zero-order chi connectivity index (χ0) is 13.7. The number of carbonyl (C=O) groups is 1. The first-order valence-corrected chi connectivity index (χ1v) is 7.89. The minimum Gasteiger partial charge on any atom is -0.396 e. The summed E-state index contributed by atoms with van der Waals surface area (Å²) in [4.78, 5) is 14.5. The molecule has 0 aromatic carbocycles. The summed E-state index contributed by atoms with van der Waals surface area (Å²) < 4.78 is 0. The van der Waals surface area contributed by atoms with Crippen LogP contribution in [-0.4, -0.2) is 48.2 Å². The average Bonchev–Trinajstić information content (AvgIpc) is 2.87. The molecule has 0 radical (unpaired) electrons. The molecule has 2 fully saturated rings. The molecule has 1 amide bonds. The smallest absolute Gasteiger partial charge is 0.239 e. The second-order valence-electron chi connectivity index (χ2n) is 6.07. The average molecular weight is 268 g/mol. The molecule has 3 unspecified atom stereocenters.